The molecule has 0 unspecified atom stereocenters. The van der Waals surface area contributed by atoms with Crippen LogP contribution in [0.15, 0.2) is 73.3 Å². The molecule has 1 fully saturated rings. The quantitative estimate of drug-likeness (QED) is 0.337. The number of rotatable bonds is 5. The second kappa shape index (κ2) is 8.24. The Hall–Kier alpha value is -4.18. The first-order chi connectivity index (χ1) is 16.9. The number of alkyl halides is 2. The summed E-state index contributed by atoms with van der Waals surface area (Å²) >= 11 is 1.28. The number of fused-ring (bicyclic) bond motifs is 1. The van der Waals surface area contributed by atoms with Crippen LogP contribution in [0.1, 0.15) is 9.67 Å². The number of amides is 1. The monoisotopic (exact) mass is 488 g/mol. The number of hydrogen-bond donors (Lipinski definition) is 2. The van der Waals surface area contributed by atoms with Gasteiger partial charge < -0.3 is 15.2 Å². The number of anilines is 2. The molecule has 0 atom stereocenters. The molecule has 4 heterocycles. The number of hydrogen-bond acceptors (Lipinski definition) is 6. The molecule has 1 amide bonds. The maximum absolute atomic E-state index is 13.1. The Morgan fingerprint density at radius 2 is 1.86 bits per heavy atom. The van der Waals surface area contributed by atoms with Gasteiger partial charge in [-0.15, -0.1) is 11.3 Å². The van der Waals surface area contributed by atoms with Crippen molar-refractivity contribution in [3.05, 3.63) is 78.2 Å². The molecule has 0 radical (unpaired) electrons. The maximum atomic E-state index is 13.1. The Morgan fingerprint density at radius 1 is 1.06 bits per heavy atom. The summed E-state index contributed by atoms with van der Waals surface area (Å²) in [5.74, 6) is -1.96. The van der Waals surface area contributed by atoms with Gasteiger partial charge in [-0.25, -0.2) is 23.7 Å². The molecule has 0 bridgehead atoms. The van der Waals surface area contributed by atoms with Crippen molar-refractivity contribution < 1.29 is 13.6 Å². The summed E-state index contributed by atoms with van der Waals surface area (Å²) in [4.78, 5) is 30.3. The lowest BCUT2D eigenvalue weighted by molar-refractivity contribution is -0.112. The van der Waals surface area contributed by atoms with Crippen molar-refractivity contribution >= 4 is 38.8 Å². The lowest BCUT2D eigenvalue weighted by atomic mass is 10.1. The maximum Gasteiger partial charge on any atom is 0.282 e. The van der Waals surface area contributed by atoms with Crippen molar-refractivity contribution in [3.8, 4) is 22.6 Å². The SMILES string of the molecule is O=C(c1cc2ccc(-c3nccc(Nc4ccc(-c5cnc[nH]5)cc4)n3)cc2s1)N1CC(F)(F)C1. The molecule has 0 spiro atoms. The molecule has 5 aromatic rings. The molecule has 7 nitrogen and oxygen atoms in total. The van der Waals surface area contributed by atoms with Crippen LogP contribution in [0, 0.1) is 0 Å². The fourth-order valence-electron chi connectivity index (χ4n) is 3.95. The van der Waals surface area contributed by atoms with E-state index in [9.17, 15) is 13.6 Å². The minimum Gasteiger partial charge on any atom is -0.345 e. The molecule has 1 saturated heterocycles. The minimum absolute atomic E-state index is 0.361. The molecule has 3 aromatic heterocycles. The van der Waals surface area contributed by atoms with E-state index in [1.807, 2.05) is 42.5 Å². The zero-order chi connectivity index (χ0) is 24.0. The van der Waals surface area contributed by atoms with Gasteiger partial charge in [-0.2, -0.15) is 0 Å². The van der Waals surface area contributed by atoms with Gasteiger partial charge in [-0.3, -0.25) is 4.79 Å². The van der Waals surface area contributed by atoms with Crippen LogP contribution in [0.2, 0.25) is 0 Å². The third kappa shape index (κ3) is 4.24. The van der Waals surface area contributed by atoms with Crippen molar-refractivity contribution in [2.24, 2.45) is 0 Å². The average molecular weight is 489 g/mol. The van der Waals surface area contributed by atoms with Gasteiger partial charge in [0.15, 0.2) is 5.82 Å². The smallest absolute Gasteiger partial charge is 0.282 e. The molecule has 1 aliphatic rings. The number of benzene rings is 2. The van der Waals surface area contributed by atoms with Gasteiger partial charge >= 0.3 is 0 Å². The van der Waals surface area contributed by atoms with Crippen LogP contribution in [-0.4, -0.2) is 49.8 Å². The van der Waals surface area contributed by atoms with E-state index in [2.05, 4.69) is 25.3 Å². The van der Waals surface area contributed by atoms with Crippen molar-refractivity contribution in [2.75, 3.05) is 18.4 Å². The van der Waals surface area contributed by atoms with E-state index >= 15 is 0 Å². The van der Waals surface area contributed by atoms with E-state index in [0.29, 0.717) is 16.5 Å². The summed E-state index contributed by atoms with van der Waals surface area (Å²) in [6, 6.07) is 17.1. The zero-order valence-electron chi connectivity index (χ0n) is 18.2. The molecule has 1 aliphatic heterocycles. The number of carbonyl (C=O) groups is 1. The summed E-state index contributed by atoms with van der Waals surface area (Å²) in [6.07, 6.45) is 5.09. The number of carbonyl (C=O) groups excluding carboxylic acids is 1. The number of H-pyrrole nitrogens is 1. The molecule has 174 valence electrons. The number of nitrogens with one attached hydrogen (secondary N) is 2. The lowest BCUT2D eigenvalue weighted by Gasteiger charge is -2.38. The van der Waals surface area contributed by atoms with Crippen molar-refractivity contribution in [1.29, 1.82) is 0 Å². The second-order valence-corrected chi connectivity index (χ2v) is 9.40. The molecular formula is C25H18F2N6OS. The van der Waals surface area contributed by atoms with Crippen LogP contribution < -0.4 is 5.32 Å². The Morgan fingerprint density at radius 3 is 2.60 bits per heavy atom. The van der Waals surface area contributed by atoms with Crippen molar-refractivity contribution in [2.45, 2.75) is 5.92 Å². The highest BCUT2D eigenvalue weighted by atomic mass is 32.1. The molecule has 10 heteroatoms. The predicted octanol–water partition coefficient (Wildman–Crippen LogP) is 5.58. The normalized spacial score (nSPS) is 14.6. The van der Waals surface area contributed by atoms with E-state index in [0.717, 1.165) is 32.6 Å². The van der Waals surface area contributed by atoms with Crippen LogP contribution in [0.4, 0.5) is 20.3 Å². The molecular weight excluding hydrogens is 470 g/mol. The third-order valence-electron chi connectivity index (χ3n) is 5.74. The van der Waals surface area contributed by atoms with Crippen LogP contribution in [0.25, 0.3) is 32.7 Å². The topological polar surface area (TPSA) is 86.8 Å². The van der Waals surface area contributed by atoms with E-state index in [4.69, 9.17) is 0 Å². The fourth-order valence-corrected chi connectivity index (χ4v) is 5.02. The van der Waals surface area contributed by atoms with E-state index in [1.54, 1.807) is 30.9 Å². The number of nitrogens with zero attached hydrogens (tertiary/aromatic N) is 4. The third-order valence-corrected chi connectivity index (χ3v) is 6.83. The number of aromatic nitrogens is 4. The minimum atomic E-state index is -2.78. The summed E-state index contributed by atoms with van der Waals surface area (Å²) in [5, 5.41) is 4.16. The standard InChI is InChI=1S/C25H18F2N6OS/c26-25(27)12-33(13-25)24(34)21-9-16-1-2-17(10-20(16)35-21)23-29-8-7-22(32-23)31-18-5-3-15(4-6-18)19-11-28-14-30-19/h1-11,14H,12-13H2,(H,28,30)(H,29,31,32). The Bertz CT molecular complexity index is 1520. The number of halogens is 2. The lowest BCUT2D eigenvalue weighted by Crippen LogP contribution is -2.58. The summed E-state index contributed by atoms with van der Waals surface area (Å²) in [7, 11) is 0. The Balaban J connectivity index is 1.21. The van der Waals surface area contributed by atoms with E-state index in [1.165, 1.54) is 16.2 Å². The zero-order valence-corrected chi connectivity index (χ0v) is 19.0. The largest absolute Gasteiger partial charge is 0.345 e. The first-order valence-corrected chi connectivity index (χ1v) is 11.7. The highest BCUT2D eigenvalue weighted by molar-refractivity contribution is 7.20. The van der Waals surface area contributed by atoms with Crippen LogP contribution in [0.3, 0.4) is 0 Å². The van der Waals surface area contributed by atoms with Crippen molar-refractivity contribution in [3.63, 3.8) is 0 Å². The highest BCUT2D eigenvalue weighted by Crippen LogP contribution is 2.34. The van der Waals surface area contributed by atoms with Gasteiger partial charge in [0.1, 0.15) is 5.82 Å². The average Bonchev–Trinajstić information content (AvgIpc) is 3.52. The van der Waals surface area contributed by atoms with Crippen LogP contribution >= 0.6 is 11.3 Å². The number of aromatic amines is 1. The Labute approximate surface area is 202 Å². The van der Waals surface area contributed by atoms with Gasteiger partial charge in [0, 0.05) is 22.1 Å². The summed E-state index contributed by atoms with van der Waals surface area (Å²) in [5.41, 5.74) is 3.65. The first-order valence-electron chi connectivity index (χ1n) is 10.8. The number of likely N-dealkylation sites (tertiary alicyclic amines) is 1. The molecule has 2 aromatic carbocycles. The van der Waals surface area contributed by atoms with Gasteiger partial charge in [-0.05, 0) is 41.3 Å². The highest BCUT2D eigenvalue weighted by Gasteiger charge is 2.46. The first kappa shape index (κ1) is 21.4. The molecule has 35 heavy (non-hydrogen) atoms. The molecule has 2 N–H and O–H groups in total. The number of thiophene rings is 1. The molecule has 6 rings (SSSR count). The van der Waals surface area contributed by atoms with Gasteiger partial charge in [-0.1, -0.05) is 24.3 Å². The van der Waals surface area contributed by atoms with Gasteiger partial charge in [0.05, 0.1) is 36.2 Å². The predicted molar refractivity (Wildman–Crippen MR) is 131 cm³/mol. The second-order valence-electron chi connectivity index (χ2n) is 8.31. The summed E-state index contributed by atoms with van der Waals surface area (Å²) in [6.45, 7) is -1.05. The summed E-state index contributed by atoms with van der Waals surface area (Å²) < 4.78 is 27.2. The fraction of sp³-hybridized carbons (Fsp3) is 0.120. The van der Waals surface area contributed by atoms with E-state index < -0.39 is 19.0 Å². The van der Waals surface area contributed by atoms with Gasteiger partial charge in [0.2, 0.25) is 0 Å². The van der Waals surface area contributed by atoms with Crippen LogP contribution in [0.5, 0.6) is 0 Å². The van der Waals surface area contributed by atoms with Crippen LogP contribution in [-0.2, 0) is 0 Å². The van der Waals surface area contributed by atoms with Gasteiger partial charge in [0.25, 0.3) is 11.8 Å². The molecule has 0 aliphatic carbocycles. The van der Waals surface area contributed by atoms with E-state index in [-0.39, 0.29) is 5.91 Å². The Kier molecular flexibility index (Phi) is 5.03. The molecule has 0 saturated carbocycles. The van der Waals surface area contributed by atoms with Crippen molar-refractivity contribution in [1.82, 2.24) is 24.8 Å². The number of imidazole rings is 1.